The highest BCUT2D eigenvalue weighted by molar-refractivity contribution is 5.99. The minimum absolute atomic E-state index is 0.0236. The third-order valence-electron chi connectivity index (χ3n) is 2.75. The minimum atomic E-state index is -0.156. The number of urea groups is 1. The summed E-state index contributed by atoms with van der Waals surface area (Å²) in [6.45, 7) is 2.69. The summed E-state index contributed by atoms with van der Waals surface area (Å²) >= 11 is 0. The van der Waals surface area contributed by atoms with E-state index in [0.29, 0.717) is 12.1 Å². The Balaban J connectivity index is 2.05. The number of ketones is 1. The van der Waals surface area contributed by atoms with Crippen molar-refractivity contribution in [2.24, 2.45) is 0 Å². The monoisotopic (exact) mass is 218 g/mol. The molecule has 0 aromatic heterocycles. The van der Waals surface area contributed by atoms with E-state index in [1.807, 2.05) is 25.1 Å². The van der Waals surface area contributed by atoms with E-state index in [2.05, 4.69) is 5.32 Å². The number of nitrogens with one attached hydrogen (secondary N) is 1. The quantitative estimate of drug-likeness (QED) is 0.777. The second-order valence-electron chi connectivity index (χ2n) is 3.95. The SMILES string of the molecule is CC1CNC(=O)N1CC(=O)c1ccccc1. The average molecular weight is 218 g/mol. The average Bonchev–Trinajstić information content (AvgIpc) is 2.62. The fourth-order valence-corrected chi connectivity index (χ4v) is 1.74. The number of rotatable bonds is 3. The maximum absolute atomic E-state index is 11.9. The van der Waals surface area contributed by atoms with Crippen molar-refractivity contribution < 1.29 is 9.59 Å². The summed E-state index contributed by atoms with van der Waals surface area (Å²) in [6, 6.07) is 8.96. The molecule has 1 aromatic rings. The van der Waals surface area contributed by atoms with Gasteiger partial charge < -0.3 is 10.2 Å². The van der Waals surface area contributed by atoms with Crippen molar-refractivity contribution in [3.05, 3.63) is 35.9 Å². The Bertz CT molecular complexity index is 403. The molecular formula is C12H14N2O2. The van der Waals surface area contributed by atoms with Crippen LogP contribution in [0.25, 0.3) is 0 Å². The van der Waals surface area contributed by atoms with Gasteiger partial charge in [0.2, 0.25) is 0 Å². The van der Waals surface area contributed by atoms with Crippen LogP contribution in [0.5, 0.6) is 0 Å². The second-order valence-corrected chi connectivity index (χ2v) is 3.95. The fraction of sp³-hybridized carbons (Fsp3) is 0.333. The predicted octanol–water partition coefficient (Wildman–Crippen LogP) is 1.28. The predicted molar refractivity (Wildman–Crippen MR) is 60.3 cm³/mol. The van der Waals surface area contributed by atoms with Gasteiger partial charge in [0.05, 0.1) is 6.54 Å². The van der Waals surface area contributed by atoms with Crippen LogP contribution in [0, 0.1) is 0 Å². The Hall–Kier alpha value is -1.84. The van der Waals surface area contributed by atoms with Crippen molar-refractivity contribution in [2.45, 2.75) is 13.0 Å². The summed E-state index contributed by atoms with van der Waals surface area (Å²) in [5, 5.41) is 2.71. The van der Waals surface area contributed by atoms with Crippen molar-refractivity contribution in [1.82, 2.24) is 10.2 Å². The van der Waals surface area contributed by atoms with E-state index in [9.17, 15) is 9.59 Å². The van der Waals surface area contributed by atoms with Crippen LogP contribution >= 0.6 is 0 Å². The Morgan fingerprint density at radius 2 is 2.12 bits per heavy atom. The summed E-state index contributed by atoms with van der Waals surface area (Å²) in [6.07, 6.45) is 0. The van der Waals surface area contributed by atoms with Crippen LogP contribution in [0.1, 0.15) is 17.3 Å². The maximum Gasteiger partial charge on any atom is 0.318 e. The van der Waals surface area contributed by atoms with Gasteiger partial charge >= 0.3 is 6.03 Å². The van der Waals surface area contributed by atoms with E-state index in [1.165, 1.54) is 0 Å². The van der Waals surface area contributed by atoms with Crippen LogP contribution in [0.2, 0.25) is 0 Å². The number of amides is 2. The van der Waals surface area contributed by atoms with Crippen molar-refractivity contribution in [3.63, 3.8) is 0 Å². The van der Waals surface area contributed by atoms with E-state index in [-0.39, 0.29) is 24.4 Å². The Morgan fingerprint density at radius 3 is 2.69 bits per heavy atom. The lowest BCUT2D eigenvalue weighted by Gasteiger charge is -2.18. The zero-order valence-electron chi connectivity index (χ0n) is 9.14. The van der Waals surface area contributed by atoms with E-state index in [4.69, 9.17) is 0 Å². The topological polar surface area (TPSA) is 49.4 Å². The van der Waals surface area contributed by atoms with Crippen LogP contribution in [-0.4, -0.2) is 35.8 Å². The van der Waals surface area contributed by atoms with Crippen LogP contribution in [0.4, 0.5) is 4.79 Å². The van der Waals surface area contributed by atoms with Crippen LogP contribution in [0.15, 0.2) is 30.3 Å². The zero-order valence-corrected chi connectivity index (χ0v) is 9.14. The molecule has 1 fully saturated rings. The van der Waals surface area contributed by atoms with Gasteiger partial charge in [0, 0.05) is 18.2 Å². The highest BCUT2D eigenvalue weighted by atomic mass is 16.2. The fourth-order valence-electron chi connectivity index (χ4n) is 1.74. The lowest BCUT2D eigenvalue weighted by molar-refractivity contribution is 0.0940. The highest BCUT2D eigenvalue weighted by Crippen LogP contribution is 2.08. The first-order valence-electron chi connectivity index (χ1n) is 5.31. The lowest BCUT2D eigenvalue weighted by atomic mass is 10.1. The highest BCUT2D eigenvalue weighted by Gasteiger charge is 2.28. The molecule has 1 aliphatic heterocycles. The number of Topliss-reactive ketones (excluding diaryl/α,β-unsaturated/α-hetero) is 1. The van der Waals surface area contributed by atoms with E-state index >= 15 is 0 Å². The lowest BCUT2D eigenvalue weighted by Crippen LogP contribution is -2.37. The van der Waals surface area contributed by atoms with Gasteiger partial charge in [-0.25, -0.2) is 4.79 Å². The summed E-state index contributed by atoms with van der Waals surface area (Å²) in [5.41, 5.74) is 0.648. The van der Waals surface area contributed by atoms with Gasteiger partial charge in [0.25, 0.3) is 0 Å². The Morgan fingerprint density at radius 1 is 1.44 bits per heavy atom. The molecular weight excluding hydrogens is 204 g/mol. The zero-order chi connectivity index (χ0) is 11.5. The standard InChI is InChI=1S/C12H14N2O2/c1-9-7-13-12(16)14(9)8-11(15)10-5-3-2-4-6-10/h2-6,9H,7-8H2,1H3,(H,13,16). The molecule has 2 rings (SSSR count). The number of hydrogen-bond donors (Lipinski definition) is 1. The molecule has 0 radical (unpaired) electrons. The molecule has 1 unspecified atom stereocenters. The summed E-state index contributed by atoms with van der Waals surface area (Å²) < 4.78 is 0. The van der Waals surface area contributed by atoms with Gasteiger partial charge in [-0.2, -0.15) is 0 Å². The molecule has 1 aromatic carbocycles. The molecule has 1 saturated heterocycles. The van der Waals surface area contributed by atoms with Gasteiger partial charge in [-0.1, -0.05) is 30.3 Å². The van der Waals surface area contributed by atoms with E-state index < -0.39 is 0 Å². The molecule has 1 aliphatic rings. The normalized spacial score (nSPS) is 19.7. The van der Waals surface area contributed by atoms with E-state index in [1.54, 1.807) is 17.0 Å². The second kappa shape index (κ2) is 4.35. The van der Waals surface area contributed by atoms with Crippen molar-refractivity contribution in [3.8, 4) is 0 Å². The molecule has 0 saturated carbocycles. The van der Waals surface area contributed by atoms with Crippen molar-refractivity contribution in [2.75, 3.05) is 13.1 Å². The first kappa shape index (κ1) is 10.7. The molecule has 2 amide bonds. The first-order valence-corrected chi connectivity index (χ1v) is 5.31. The molecule has 1 atom stereocenters. The molecule has 0 bridgehead atoms. The number of hydrogen-bond acceptors (Lipinski definition) is 2. The van der Waals surface area contributed by atoms with Crippen LogP contribution in [0.3, 0.4) is 0 Å². The first-order chi connectivity index (χ1) is 7.68. The molecule has 16 heavy (non-hydrogen) atoms. The Labute approximate surface area is 94.2 Å². The van der Waals surface area contributed by atoms with Crippen molar-refractivity contribution >= 4 is 11.8 Å². The largest absolute Gasteiger partial charge is 0.336 e. The number of benzene rings is 1. The molecule has 0 spiro atoms. The third kappa shape index (κ3) is 2.05. The van der Waals surface area contributed by atoms with Crippen LogP contribution < -0.4 is 5.32 Å². The number of nitrogens with zero attached hydrogens (tertiary/aromatic N) is 1. The van der Waals surface area contributed by atoms with Gasteiger partial charge in [-0.3, -0.25) is 4.79 Å². The Kier molecular flexibility index (Phi) is 2.90. The number of carbonyl (C=O) groups is 2. The van der Waals surface area contributed by atoms with E-state index in [0.717, 1.165) is 0 Å². The van der Waals surface area contributed by atoms with Gasteiger partial charge in [-0.15, -0.1) is 0 Å². The van der Waals surface area contributed by atoms with Crippen molar-refractivity contribution in [1.29, 1.82) is 0 Å². The molecule has 1 N–H and O–H groups in total. The smallest absolute Gasteiger partial charge is 0.318 e. The molecule has 4 nitrogen and oxygen atoms in total. The van der Waals surface area contributed by atoms with Gasteiger partial charge in [0.1, 0.15) is 0 Å². The maximum atomic E-state index is 11.9. The van der Waals surface area contributed by atoms with Gasteiger partial charge in [0.15, 0.2) is 5.78 Å². The summed E-state index contributed by atoms with van der Waals surface area (Å²) in [5.74, 6) is -0.0236. The van der Waals surface area contributed by atoms with Crippen LogP contribution in [-0.2, 0) is 0 Å². The third-order valence-corrected chi connectivity index (χ3v) is 2.75. The molecule has 0 aliphatic carbocycles. The van der Waals surface area contributed by atoms with Gasteiger partial charge in [-0.05, 0) is 6.92 Å². The molecule has 84 valence electrons. The summed E-state index contributed by atoms with van der Waals surface area (Å²) in [4.78, 5) is 24.8. The number of carbonyl (C=O) groups excluding carboxylic acids is 2. The molecule has 1 heterocycles. The molecule has 4 heteroatoms. The summed E-state index contributed by atoms with van der Waals surface area (Å²) in [7, 11) is 0. The minimum Gasteiger partial charge on any atom is -0.336 e.